The number of H-pyrrole nitrogens is 1. The predicted molar refractivity (Wildman–Crippen MR) is 123 cm³/mol. The predicted octanol–water partition coefficient (Wildman–Crippen LogP) is 5.64. The van der Waals surface area contributed by atoms with E-state index in [4.69, 9.17) is 4.74 Å². The van der Waals surface area contributed by atoms with Crippen LogP contribution in [0, 0.1) is 5.41 Å². The Hall–Kier alpha value is -2.14. The van der Waals surface area contributed by atoms with Gasteiger partial charge in [-0.15, -0.1) is 0 Å². The van der Waals surface area contributed by atoms with Crippen molar-refractivity contribution in [1.29, 1.82) is 0 Å². The number of carbonyl (C=O) groups excluding carboxylic acids is 2. The second kappa shape index (κ2) is 11.3. The first kappa shape index (κ1) is 24.1. The smallest absolute Gasteiger partial charge is 0.184 e. The van der Waals surface area contributed by atoms with Gasteiger partial charge in [0.1, 0.15) is 18.1 Å². The lowest BCUT2D eigenvalue weighted by atomic mass is 9.89. The number of carbonyl (C=O) groups is 2. The molecule has 1 heterocycles. The third kappa shape index (κ3) is 7.60. The molecule has 30 heavy (non-hydrogen) atoms. The van der Waals surface area contributed by atoms with Crippen LogP contribution in [0.1, 0.15) is 76.7 Å². The molecular weight excluding hydrogens is 376 g/mol. The lowest BCUT2D eigenvalue weighted by Gasteiger charge is -2.16. The summed E-state index contributed by atoms with van der Waals surface area (Å²) in [5.41, 5.74) is 1.17. The molecule has 2 aromatic rings. The van der Waals surface area contributed by atoms with E-state index >= 15 is 0 Å². The molecule has 5 heteroatoms. The first-order chi connectivity index (χ1) is 14.2. The van der Waals surface area contributed by atoms with Gasteiger partial charge in [-0.25, -0.2) is 0 Å². The van der Waals surface area contributed by atoms with Crippen molar-refractivity contribution >= 4 is 22.5 Å². The molecule has 0 atom stereocenters. The first-order valence-corrected chi connectivity index (χ1v) is 11.2. The Morgan fingerprint density at radius 1 is 1.03 bits per heavy atom. The third-order valence-electron chi connectivity index (χ3n) is 5.31. The van der Waals surface area contributed by atoms with Crippen LogP contribution in [0.4, 0.5) is 0 Å². The zero-order chi connectivity index (χ0) is 22.1. The van der Waals surface area contributed by atoms with Crippen LogP contribution in [0.3, 0.4) is 0 Å². The van der Waals surface area contributed by atoms with Gasteiger partial charge in [0, 0.05) is 35.7 Å². The van der Waals surface area contributed by atoms with Crippen LogP contribution in [0.2, 0.25) is 0 Å². The number of nitrogens with one attached hydrogen (secondary N) is 1. The maximum absolute atomic E-state index is 12.5. The van der Waals surface area contributed by atoms with Gasteiger partial charge in [0.05, 0.1) is 5.69 Å². The number of hydrogen-bond donors (Lipinski definition) is 1. The van der Waals surface area contributed by atoms with Gasteiger partial charge >= 0.3 is 0 Å². The van der Waals surface area contributed by atoms with E-state index in [0.717, 1.165) is 61.8 Å². The Balaban J connectivity index is 1.75. The number of rotatable bonds is 13. The van der Waals surface area contributed by atoms with Crippen molar-refractivity contribution in [2.75, 3.05) is 26.7 Å². The van der Waals surface area contributed by atoms with Crippen LogP contribution in [0.25, 0.3) is 10.9 Å². The van der Waals surface area contributed by atoms with Crippen molar-refractivity contribution in [3.05, 3.63) is 30.0 Å². The number of Topliss-reactive ketones (excluding diaryl/α,β-unsaturated/α-hetero) is 2. The van der Waals surface area contributed by atoms with E-state index in [9.17, 15) is 9.59 Å². The number of benzene rings is 1. The van der Waals surface area contributed by atoms with Gasteiger partial charge in [0.2, 0.25) is 0 Å². The molecule has 0 radical (unpaired) electrons. The molecule has 0 saturated carbocycles. The topological polar surface area (TPSA) is 62.4 Å². The van der Waals surface area contributed by atoms with Crippen molar-refractivity contribution in [2.24, 2.45) is 5.41 Å². The largest absolute Gasteiger partial charge is 0.492 e. The number of aromatic amines is 1. The van der Waals surface area contributed by atoms with Gasteiger partial charge in [-0.1, -0.05) is 40.5 Å². The molecule has 0 bridgehead atoms. The minimum absolute atomic E-state index is 0.103. The number of ether oxygens (including phenoxy) is 1. The number of nitrogens with zero attached hydrogens (tertiary/aromatic N) is 1. The minimum Gasteiger partial charge on any atom is -0.492 e. The summed E-state index contributed by atoms with van der Waals surface area (Å²) in [6, 6.07) is 7.76. The quantitative estimate of drug-likeness (QED) is 0.340. The van der Waals surface area contributed by atoms with E-state index in [1.54, 1.807) is 0 Å². The lowest BCUT2D eigenvalue weighted by molar-refractivity contribution is -0.119. The van der Waals surface area contributed by atoms with Gasteiger partial charge in [0.15, 0.2) is 5.78 Å². The average Bonchev–Trinajstić information content (AvgIpc) is 3.10. The van der Waals surface area contributed by atoms with Crippen LogP contribution in [-0.2, 0) is 4.79 Å². The fourth-order valence-corrected chi connectivity index (χ4v) is 3.40. The number of unbranched alkanes of at least 4 members (excludes halogenated alkanes) is 2. The number of ketones is 2. The van der Waals surface area contributed by atoms with E-state index in [0.29, 0.717) is 24.5 Å². The summed E-state index contributed by atoms with van der Waals surface area (Å²) in [5.74, 6) is 1.29. The minimum atomic E-state index is -0.412. The first-order valence-electron chi connectivity index (χ1n) is 11.2. The van der Waals surface area contributed by atoms with E-state index in [-0.39, 0.29) is 5.78 Å². The Kier molecular flexibility index (Phi) is 9.09. The summed E-state index contributed by atoms with van der Waals surface area (Å²) < 4.78 is 5.91. The summed E-state index contributed by atoms with van der Waals surface area (Å²) in [4.78, 5) is 29.7. The molecule has 166 valence electrons. The number of hydrogen-bond acceptors (Lipinski definition) is 4. The highest BCUT2D eigenvalue weighted by Gasteiger charge is 2.24. The Morgan fingerprint density at radius 2 is 1.77 bits per heavy atom. The van der Waals surface area contributed by atoms with Crippen molar-refractivity contribution in [1.82, 2.24) is 9.88 Å². The molecular formula is C25H38N2O3. The van der Waals surface area contributed by atoms with Gasteiger partial charge in [-0.2, -0.15) is 0 Å². The van der Waals surface area contributed by atoms with Crippen LogP contribution in [0.5, 0.6) is 5.75 Å². The summed E-state index contributed by atoms with van der Waals surface area (Å²) in [6.07, 6.45) is 5.63. The van der Waals surface area contributed by atoms with Gasteiger partial charge in [-0.05, 0) is 50.7 Å². The van der Waals surface area contributed by atoms with E-state index in [1.165, 1.54) is 0 Å². The van der Waals surface area contributed by atoms with Gasteiger partial charge in [0.25, 0.3) is 0 Å². The van der Waals surface area contributed by atoms with Crippen LogP contribution < -0.4 is 4.74 Å². The summed E-state index contributed by atoms with van der Waals surface area (Å²) in [7, 11) is 2.06. The third-order valence-corrected chi connectivity index (χ3v) is 5.31. The maximum atomic E-state index is 12.5. The second-order valence-corrected chi connectivity index (χ2v) is 9.26. The molecule has 1 N–H and O–H groups in total. The Morgan fingerprint density at radius 3 is 2.47 bits per heavy atom. The Labute approximate surface area is 181 Å². The summed E-state index contributed by atoms with van der Waals surface area (Å²) in [5, 5.41) is 0.982. The summed E-state index contributed by atoms with van der Waals surface area (Å²) in [6.45, 7) is 10.2. The monoisotopic (exact) mass is 414 g/mol. The molecule has 5 nitrogen and oxygen atoms in total. The zero-order valence-corrected chi connectivity index (χ0v) is 19.3. The highest BCUT2D eigenvalue weighted by Crippen LogP contribution is 2.26. The lowest BCUT2D eigenvalue weighted by Crippen LogP contribution is -2.25. The molecule has 1 aromatic heterocycles. The number of likely N-dealkylation sites (N-methyl/N-ethyl adjacent to an activating group) is 1. The molecule has 0 saturated heterocycles. The van der Waals surface area contributed by atoms with Crippen LogP contribution in [0.15, 0.2) is 24.3 Å². The van der Waals surface area contributed by atoms with Crippen molar-refractivity contribution in [3.63, 3.8) is 0 Å². The molecule has 0 fully saturated rings. The van der Waals surface area contributed by atoms with E-state index in [1.807, 2.05) is 45.0 Å². The SMILES string of the molecule is CCCCCC(=O)CCCN(C)CCOc1ccc2[nH]c(C(=O)C(C)(C)C)cc2c1. The second-order valence-electron chi connectivity index (χ2n) is 9.26. The van der Waals surface area contributed by atoms with Gasteiger partial charge < -0.3 is 14.6 Å². The van der Waals surface area contributed by atoms with Gasteiger partial charge in [-0.3, -0.25) is 9.59 Å². The molecule has 0 aliphatic heterocycles. The highest BCUT2D eigenvalue weighted by atomic mass is 16.5. The molecule has 0 amide bonds. The summed E-state index contributed by atoms with van der Waals surface area (Å²) >= 11 is 0. The highest BCUT2D eigenvalue weighted by molar-refractivity contribution is 6.02. The fraction of sp³-hybridized carbons (Fsp3) is 0.600. The van der Waals surface area contributed by atoms with Crippen LogP contribution in [-0.4, -0.2) is 48.2 Å². The molecule has 0 aliphatic carbocycles. The van der Waals surface area contributed by atoms with Crippen molar-refractivity contribution in [3.8, 4) is 5.75 Å². The number of fused-ring (bicyclic) bond motifs is 1. The van der Waals surface area contributed by atoms with Crippen molar-refractivity contribution in [2.45, 2.75) is 66.2 Å². The molecule has 0 unspecified atom stereocenters. The standard InChI is InChI=1S/C25H38N2O3/c1-6-7-8-10-20(28)11-9-14-27(5)15-16-30-21-12-13-22-19(17-21)18-23(26-22)24(29)25(2,3)4/h12-13,17-18,26H,6-11,14-16H2,1-5H3. The number of aromatic nitrogens is 1. The van der Waals surface area contributed by atoms with E-state index in [2.05, 4.69) is 23.9 Å². The molecule has 0 aliphatic rings. The molecule has 1 aromatic carbocycles. The maximum Gasteiger partial charge on any atom is 0.184 e. The fourth-order valence-electron chi connectivity index (χ4n) is 3.40. The van der Waals surface area contributed by atoms with Crippen molar-refractivity contribution < 1.29 is 14.3 Å². The average molecular weight is 415 g/mol. The van der Waals surface area contributed by atoms with Crippen LogP contribution >= 0.6 is 0 Å². The Bertz CT molecular complexity index is 833. The van der Waals surface area contributed by atoms with E-state index < -0.39 is 5.41 Å². The zero-order valence-electron chi connectivity index (χ0n) is 19.3. The molecule has 2 rings (SSSR count). The molecule has 0 spiro atoms. The normalized spacial score (nSPS) is 11.9.